The van der Waals surface area contributed by atoms with E-state index in [0.717, 1.165) is 15.7 Å². The summed E-state index contributed by atoms with van der Waals surface area (Å²) >= 11 is 0. The number of fused-ring (bicyclic) bond motifs is 1. The molecule has 0 saturated heterocycles. The van der Waals surface area contributed by atoms with Crippen LogP contribution in [0.15, 0.2) is 71.2 Å². The highest BCUT2D eigenvalue weighted by atomic mass is 16.4. The van der Waals surface area contributed by atoms with Gasteiger partial charge in [0.05, 0.1) is 16.6 Å². The Morgan fingerprint density at radius 2 is 1.79 bits per heavy atom. The van der Waals surface area contributed by atoms with E-state index in [1.54, 1.807) is 31.2 Å². The first-order chi connectivity index (χ1) is 16.2. The Bertz CT molecular complexity index is 1510. The number of aryl methyl sites for hydroxylation is 1. The molecule has 0 unspecified atom stereocenters. The second kappa shape index (κ2) is 8.94. The van der Waals surface area contributed by atoms with Gasteiger partial charge in [-0.1, -0.05) is 37.4 Å². The summed E-state index contributed by atoms with van der Waals surface area (Å²) in [5.41, 5.74) is 2.14. The largest absolute Gasteiger partial charge is 0.420 e. The molecule has 2 aromatic heterocycles. The number of hydrogen-bond acceptors (Lipinski definition) is 7. The van der Waals surface area contributed by atoms with Crippen LogP contribution in [0.4, 0.5) is 5.69 Å². The molecular formula is C24H20N6O4. The van der Waals surface area contributed by atoms with Crippen molar-refractivity contribution in [3.63, 3.8) is 0 Å². The molecule has 10 heteroatoms. The first-order valence-electron chi connectivity index (χ1n) is 10.1. The number of nitrogens with zero attached hydrogens (tertiary/aromatic N) is 4. The molecule has 2 aromatic carbocycles. The second-order valence-corrected chi connectivity index (χ2v) is 7.39. The molecule has 4 rings (SSSR count). The van der Waals surface area contributed by atoms with E-state index in [4.69, 9.17) is 4.42 Å². The summed E-state index contributed by atoms with van der Waals surface area (Å²) < 4.78 is 6.29. The quantitative estimate of drug-likeness (QED) is 0.426. The van der Waals surface area contributed by atoms with Crippen LogP contribution in [-0.4, -0.2) is 31.6 Å². The Morgan fingerprint density at radius 1 is 1.06 bits per heavy atom. The van der Waals surface area contributed by atoms with Crippen molar-refractivity contribution in [2.75, 3.05) is 5.32 Å². The first-order valence-corrected chi connectivity index (χ1v) is 10.1. The van der Waals surface area contributed by atoms with Crippen molar-refractivity contribution in [3.8, 4) is 11.1 Å². The maximum atomic E-state index is 13.2. The SMILES string of the molecule is C=C(NC(=O)C(=C)n1cnc2c(-c3ccc(NC(C)=O)cc3)cccc2c1=O)c1nnc(C)o1. The molecular weight excluding hydrogens is 436 g/mol. The third-order valence-electron chi connectivity index (χ3n) is 4.91. The van der Waals surface area contributed by atoms with Crippen molar-refractivity contribution < 1.29 is 14.0 Å². The van der Waals surface area contributed by atoms with Gasteiger partial charge in [0.25, 0.3) is 17.4 Å². The summed E-state index contributed by atoms with van der Waals surface area (Å²) in [6.45, 7) is 10.5. The molecule has 170 valence electrons. The minimum absolute atomic E-state index is 0.0526. The molecule has 0 aliphatic heterocycles. The van der Waals surface area contributed by atoms with E-state index < -0.39 is 11.5 Å². The fourth-order valence-electron chi connectivity index (χ4n) is 3.31. The van der Waals surface area contributed by atoms with Gasteiger partial charge < -0.3 is 15.1 Å². The van der Waals surface area contributed by atoms with E-state index in [1.807, 2.05) is 18.2 Å². The van der Waals surface area contributed by atoms with Gasteiger partial charge in [-0.25, -0.2) is 4.98 Å². The van der Waals surface area contributed by atoms with Crippen molar-refractivity contribution >= 4 is 39.8 Å². The number of aromatic nitrogens is 4. The molecule has 0 saturated carbocycles. The number of anilines is 1. The Morgan fingerprint density at radius 3 is 2.44 bits per heavy atom. The van der Waals surface area contributed by atoms with Gasteiger partial charge in [-0.2, -0.15) is 0 Å². The summed E-state index contributed by atoms with van der Waals surface area (Å²) in [6, 6.07) is 12.4. The lowest BCUT2D eigenvalue weighted by Crippen LogP contribution is -2.30. The maximum absolute atomic E-state index is 13.2. The predicted molar refractivity (Wildman–Crippen MR) is 127 cm³/mol. The Balaban J connectivity index is 1.63. The molecule has 0 aliphatic carbocycles. The average molecular weight is 456 g/mol. The lowest BCUT2D eigenvalue weighted by Gasteiger charge is -2.12. The smallest absolute Gasteiger partial charge is 0.272 e. The zero-order valence-corrected chi connectivity index (χ0v) is 18.5. The van der Waals surface area contributed by atoms with Gasteiger partial charge in [0.15, 0.2) is 0 Å². The zero-order valence-electron chi connectivity index (χ0n) is 18.5. The third kappa shape index (κ3) is 4.37. The number of amides is 2. The topological polar surface area (TPSA) is 132 Å². The summed E-state index contributed by atoms with van der Waals surface area (Å²) in [5.74, 6) is -0.467. The van der Waals surface area contributed by atoms with Gasteiger partial charge in [0, 0.05) is 25.1 Å². The van der Waals surface area contributed by atoms with Crippen molar-refractivity contribution in [3.05, 3.63) is 84.1 Å². The third-order valence-corrected chi connectivity index (χ3v) is 4.91. The normalized spacial score (nSPS) is 10.6. The number of rotatable bonds is 6. The van der Waals surface area contributed by atoms with E-state index >= 15 is 0 Å². The van der Waals surface area contributed by atoms with Crippen molar-refractivity contribution in [2.24, 2.45) is 0 Å². The Kier molecular flexibility index (Phi) is 5.88. The van der Waals surface area contributed by atoms with Gasteiger partial charge in [-0.15, -0.1) is 10.2 Å². The molecule has 0 bridgehead atoms. The van der Waals surface area contributed by atoms with E-state index in [1.165, 1.54) is 13.3 Å². The summed E-state index contributed by atoms with van der Waals surface area (Å²) in [6.07, 6.45) is 1.25. The molecule has 2 amide bonds. The lowest BCUT2D eigenvalue weighted by atomic mass is 10.0. The molecule has 0 spiro atoms. The van der Waals surface area contributed by atoms with Gasteiger partial charge in [0.2, 0.25) is 11.8 Å². The highest BCUT2D eigenvalue weighted by Crippen LogP contribution is 2.27. The van der Waals surface area contributed by atoms with Crippen LogP contribution in [0.3, 0.4) is 0 Å². The number of hydrogen-bond donors (Lipinski definition) is 2. The van der Waals surface area contributed by atoms with Gasteiger partial charge in [-0.3, -0.25) is 19.0 Å². The van der Waals surface area contributed by atoms with E-state index in [9.17, 15) is 14.4 Å². The van der Waals surface area contributed by atoms with Crippen LogP contribution in [0.25, 0.3) is 33.4 Å². The monoisotopic (exact) mass is 456 g/mol. The van der Waals surface area contributed by atoms with Crippen molar-refractivity contribution in [1.29, 1.82) is 0 Å². The van der Waals surface area contributed by atoms with E-state index in [2.05, 4.69) is 39.0 Å². The fraction of sp³-hybridized carbons (Fsp3) is 0.0833. The standard InChI is InChI=1S/C24H20N6O4/c1-13(23-29-28-16(4)34-23)26-22(32)14(2)30-12-25-21-19(6-5-7-20(21)24(30)33)17-8-10-18(11-9-17)27-15(3)31/h5-12H,1-2H2,3-4H3,(H,26,32)(H,27,31). The average Bonchev–Trinajstić information content (AvgIpc) is 3.25. The number of para-hydroxylation sites is 1. The Hall–Kier alpha value is -4.86. The first kappa shape index (κ1) is 22.3. The molecule has 0 radical (unpaired) electrons. The molecule has 34 heavy (non-hydrogen) atoms. The minimum atomic E-state index is -0.672. The summed E-state index contributed by atoms with van der Waals surface area (Å²) in [5, 5.41) is 13.0. The highest BCUT2D eigenvalue weighted by Gasteiger charge is 2.17. The van der Waals surface area contributed by atoms with Crippen LogP contribution < -0.4 is 16.2 Å². The number of nitrogens with one attached hydrogen (secondary N) is 2. The zero-order chi connectivity index (χ0) is 24.4. The number of carbonyl (C=O) groups excluding carboxylic acids is 2. The molecule has 10 nitrogen and oxygen atoms in total. The highest BCUT2D eigenvalue weighted by molar-refractivity contribution is 6.15. The van der Waals surface area contributed by atoms with Crippen LogP contribution in [0, 0.1) is 6.92 Å². The number of benzene rings is 2. The summed E-state index contributed by atoms with van der Waals surface area (Å²) in [7, 11) is 0. The van der Waals surface area contributed by atoms with Gasteiger partial charge >= 0.3 is 0 Å². The predicted octanol–water partition coefficient (Wildman–Crippen LogP) is 2.97. The van der Waals surface area contributed by atoms with Crippen LogP contribution in [0.1, 0.15) is 18.7 Å². The fourth-order valence-corrected chi connectivity index (χ4v) is 3.31. The molecule has 0 aliphatic rings. The van der Waals surface area contributed by atoms with Gasteiger partial charge in [-0.05, 0) is 23.8 Å². The van der Waals surface area contributed by atoms with E-state index in [-0.39, 0.29) is 23.2 Å². The lowest BCUT2D eigenvalue weighted by molar-refractivity contribution is -0.115. The molecule has 0 atom stereocenters. The minimum Gasteiger partial charge on any atom is -0.420 e. The van der Waals surface area contributed by atoms with Gasteiger partial charge in [0.1, 0.15) is 12.0 Å². The summed E-state index contributed by atoms with van der Waals surface area (Å²) in [4.78, 5) is 41.5. The van der Waals surface area contributed by atoms with Crippen LogP contribution >= 0.6 is 0 Å². The van der Waals surface area contributed by atoms with Crippen molar-refractivity contribution in [1.82, 2.24) is 25.1 Å². The Labute approximate surface area is 193 Å². The van der Waals surface area contributed by atoms with E-state index in [0.29, 0.717) is 22.5 Å². The maximum Gasteiger partial charge on any atom is 0.272 e. The molecule has 0 fully saturated rings. The van der Waals surface area contributed by atoms with Crippen LogP contribution in [-0.2, 0) is 9.59 Å². The molecule has 2 N–H and O–H groups in total. The van der Waals surface area contributed by atoms with Crippen molar-refractivity contribution in [2.45, 2.75) is 13.8 Å². The molecule has 4 aromatic rings. The van der Waals surface area contributed by atoms with Crippen LogP contribution in [0.5, 0.6) is 0 Å². The van der Waals surface area contributed by atoms with Crippen LogP contribution in [0.2, 0.25) is 0 Å². The number of carbonyl (C=O) groups is 2. The second-order valence-electron chi connectivity index (χ2n) is 7.39. The molecule has 2 heterocycles.